The van der Waals surface area contributed by atoms with Crippen molar-refractivity contribution in [2.75, 3.05) is 7.11 Å². The lowest BCUT2D eigenvalue weighted by atomic mass is 10.1. The van der Waals surface area contributed by atoms with Crippen LogP contribution in [0.5, 0.6) is 5.75 Å². The molecule has 0 spiro atoms. The molecule has 0 aliphatic carbocycles. The monoisotopic (exact) mass is 381 g/mol. The Labute approximate surface area is 160 Å². The van der Waals surface area contributed by atoms with E-state index in [2.05, 4.69) is 15.5 Å². The number of amides is 1. The van der Waals surface area contributed by atoms with E-state index in [4.69, 9.17) is 9.47 Å². The van der Waals surface area contributed by atoms with Crippen molar-refractivity contribution in [2.24, 2.45) is 0 Å². The first-order valence-electron chi connectivity index (χ1n) is 8.59. The molecule has 3 rings (SSSR count). The van der Waals surface area contributed by atoms with E-state index in [9.17, 15) is 14.4 Å². The molecule has 0 unspecified atom stereocenters. The highest BCUT2D eigenvalue weighted by Crippen LogP contribution is 2.17. The molecular formula is C20H19N3O5. The van der Waals surface area contributed by atoms with Gasteiger partial charge in [0, 0.05) is 17.5 Å². The van der Waals surface area contributed by atoms with Gasteiger partial charge in [-0.25, -0.2) is 9.89 Å². The Balaban J connectivity index is 1.68. The number of nitrogens with zero attached hydrogens (tertiary/aromatic N) is 1. The van der Waals surface area contributed by atoms with Gasteiger partial charge in [0.1, 0.15) is 5.75 Å². The Morgan fingerprint density at radius 2 is 1.79 bits per heavy atom. The highest BCUT2D eigenvalue weighted by molar-refractivity contribution is 6.02. The van der Waals surface area contributed by atoms with Crippen LogP contribution in [0, 0.1) is 0 Å². The summed E-state index contributed by atoms with van der Waals surface area (Å²) in [5.74, 6) is -0.614. The molecule has 1 amide bonds. The Hall–Kier alpha value is -3.68. The van der Waals surface area contributed by atoms with Gasteiger partial charge in [0.15, 0.2) is 11.8 Å². The molecule has 0 aliphatic heterocycles. The summed E-state index contributed by atoms with van der Waals surface area (Å²) in [7, 11) is 1.55. The van der Waals surface area contributed by atoms with Crippen LogP contribution >= 0.6 is 0 Å². The van der Waals surface area contributed by atoms with Gasteiger partial charge in [-0.15, -0.1) is 0 Å². The van der Waals surface area contributed by atoms with Crippen LogP contribution in [0.3, 0.4) is 0 Å². The van der Waals surface area contributed by atoms with E-state index in [-0.39, 0.29) is 12.2 Å². The molecule has 0 aliphatic rings. The van der Waals surface area contributed by atoms with Gasteiger partial charge in [-0.3, -0.25) is 9.59 Å². The van der Waals surface area contributed by atoms with Crippen LogP contribution in [-0.2, 0) is 16.1 Å². The fourth-order valence-electron chi connectivity index (χ4n) is 2.72. The summed E-state index contributed by atoms with van der Waals surface area (Å²) >= 11 is 0. The first-order chi connectivity index (χ1) is 13.5. The number of rotatable bonds is 6. The number of para-hydroxylation sites is 1. The average molecular weight is 381 g/mol. The van der Waals surface area contributed by atoms with E-state index in [1.54, 1.807) is 37.4 Å². The fraction of sp³-hybridized carbons (Fsp3) is 0.200. The minimum absolute atomic E-state index is 0.0559. The third kappa shape index (κ3) is 4.01. The zero-order valence-corrected chi connectivity index (χ0v) is 15.4. The highest BCUT2D eigenvalue weighted by Gasteiger charge is 2.22. The van der Waals surface area contributed by atoms with Crippen LogP contribution in [0.25, 0.3) is 10.8 Å². The van der Waals surface area contributed by atoms with Crippen molar-refractivity contribution < 1.29 is 19.1 Å². The standard InChI is InChI=1S/C20H19N3O5/c1-12(18(24)21-11-13-7-3-6-10-16(13)27-2)28-20(26)17-14-8-4-5-9-15(14)19(25)23-22-17/h3-10,12H,11H2,1-2H3,(H,21,24)(H,23,25)/t12-/m0/s1. The lowest BCUT2D eigenvalue weighted by Crippen LogP contribution is -2.35. The summed E-state index contributed by atoms with van der Waals surface area (Å²) in [5, 5.41) is 9.42. The van der Waals surface area contributed by atoms with E-state index in [1.807, 2.05) is 18.2 Å². The number of carbonyl (C=O) groups is 2. The lowest BCUT2D eigenvalue weighted by molar-refractivity contribution is -0.129. The van der Waals surface area contributed by atoms with Gasteiger partial charge in [0.05, 0.1) is 12.5 Å². The van der Waals surface area contributed by atoms with E-state index < -0.39 is 23.5 Å². The number of fused-ring (bicyclic) bond motifs is 1. The maximum Gasteiger partial charge on any atom is 0.360 e. The average Bonchev–Trinajstić information content (AvgIpc) is 2.72. The number of carbonyl (C=O) groups excluding carboxylic acids is 2. The Bertz CT molecular complexity index is 1080. The second-order valence-corrected chi connectivity index (χ2v) is 6.02. The minimum Gasteiger partial charge on any atom is -0.496 e. The number of esters is 1. The molecule has 0 radical (unpaired) electrons. The largest absolute Gasteiger partial charge is 0.496 e. The van der Waals surface area contributed by atoms with Crippen molar-refractivity contribution in [1.82, 2.24) is 15.5 Å². The molecule has 2 N–H and O–H groups in total. The molecule has 1 heterocycles. The van der Waals surface area contributed by atoms with E-state index >= 15 is 0 Å². The Morgan fingerprint density at radius 1 is 1.11 bits per heavy atom. The summed E-state index contributed by atoms with van der Waals surface area (Å²) in [5.41, 5.74) is 0.333. The molecule has 2 aromatic carbocycles. The van der Waals surface area contributed by atoms with Crippen molar-refractivity contribution in [2.45, 2.75) is 19.6 Å². The van der Waals surface area contributed by atoms with Gasteiger partial charge in [0.2, 0.25) is 0 Å². The Kier molecular flexibility index (Phi) is 5.69. The maximum absolute atomic E-state index is 12.5. The number of aromatic amines is 1. The Morgan fingerprint density at radius 3 is 2.54 bits per heavy atom. The van der Waals surface area contributed by atoms with Gasteiger partial charge in [-0.05, 0) is 19.1 Å². The third-order valence-electron chi connectivity index (χ3n) is 4.19. The summed E-state index contributed by atoms with van der Waals surface area (Å²) < 4.78 is 10.5. The molecule has 1 aromatic heterocycles. The second kappa shape index (κ2) is 8.34. The van der Waals surface area contributed by atoms with Crippen molar-refractivity contribution in [3.8, 4) is 5.75 Å². The molecule has 0 fully saturated rings. The van der Waals surface area contributed by atoms with Gasteiger partial charge < -0.3 is 14.8 Å². The molecule has 0 bridgehead atoms. The van der Waals surface area contributed by atoms with E-state index in [1.165, 1.54) is 6.92 Å². The van der Waals surface area contributed by atoms with Crippen LogP contribution < -0.4 is 15.6 Å². The molecule has 8 heteroatoms. The smallest absolute Gasteiger partial charge is 0.360 e. The normalized spacial score (nSPS) is 11.6. The third-order valence-corrected chi connectivity index (χ3v) is 4.19. The first kappa shape index (κ1) is 19.1. The molecule has 28 heavy (non-hydrogen) atoms. The zero-order chi connectivity index (χ0) is 20.1. The molecular weight excluding hydrogens is 362 g/mol. The molecule has 8 nitrogen and oxygen atoms in total. The van der Waals surface area contributed by atoms with Crippen molar-refractivity contribution in [3.05, 3.63) is 70.1 Å². The van der Waals surface area contributed by atoms with Crippen LogP contribution in [0.15, 0.2) is 53.3 Å². The topological polar surface area (TPSA) is 110 Å². The van der Waals surface area contributed by atoms with Gasteiger partial charge in [-0.2, -0.15) is 5.10 Å². The quantitative estimate of drug-likeness (QED) is 0.630. The van der Waals surface area contributed by atoms with Crippen LogP contribution in [-0.4, -0.2) is 35.3 Å². The van der Waals surface area contributed by atoms with Crippen LogP contribution in [0.4, 0.5) is 0 Å². The molecule has 3 aromatic rings. The number of methoxy groups -OCH3 is 1. The minimum atomic E-state index is -1.05. The number of nitrogens with one attached hydrogen (secondary N) is 2. The van der Waals surface area contributed by atoms with Crippen LogP contribution in [0.2, 0.25) is 0 Å². The number of benzene rings is 2. The molecule has 1 atom stereocenters. The number of hydrogen-bond donors (Lipinski definition) is 2. The molecule has 144 valence electrons. The van der Waals surface area contributed by atoms with Crippen molar-refractivity contribution in [3.63, 3.8) is 0 Å². The van der Waals surface area contributed by atoms with Gasteiger partial charge >= 0.3 is 5.97 Å². The summed E-state index contributed by atoms with van der Waals surface area (Å²) in [6.45, 7) is 1.69. The summed E-state index contributed by atoms with van der Waals surface area (Å²) in [6, 6.07) is 13.8. The zero-order valence-electron chi connectivity index (χ0n) is 15.4. The van der Waals surface area contributed by atoms with E-state index in [0.717, 1.165) is 5.56 Å². The van der Waals surface area contributed by atoms with Gasteiger partial charge in [-0.1, -0.05) is 36.4 Å². The fourth-order valence-corrected chi connectivity index (χ4v) is 2.72. The number of hydrogen-bond acceptors (Lipinski definition) is 6. The predicted molar refractivity (Wildman–Crippen MR) is 102 cm³/mol. The second-order valence-electron chi connectivity index (χ2n) is 6.02. The van der Waals surface area contributed by atoms with Crippen LogP contribution in [0.1, 0.15) is 23.0 Å². The van der Waals surface area contributed by atoms with Gasteiger partial charge in [0.25, 0.3) is 11.5 Å². The van der Waals surface area contributed by atoms with E-state index in [0.29, 0.717) is 16.5 Å². The summed E-state index contributed by atoms with van der Waals surface area (Å²) in [6.07, 6.45) is -1.05. The predicted octanol–water partition coefficient (Wildman–Crippen LogP) is 1.79. The molecule has 0 saturated heterocycles. The lowest BCUT2D eigenvalue weighted by Gasteiger charge is -2.14. The number of H-pyrrole nitrogens is 1. The van der Waals surface area contributed by atoms with Crippen molar-refractivity contribution in [1.29, 1.82) is 0 Å². The first-order valence-corrected chi connectivity index (χ1v) is 8.59. The number of aromatic nitrogens is 2. The molecule has 0 saturated carbocycles. The SMILES string of the molecule is COc1ccccc1CNC(=O)[C@H](C)OC(=O)c1n[nH]c(=O)c2ccccc12. The number of ether oxygens (including phenoxy) is 2. The van der Waals surface area contributed by atoms with Crippen molar-refractivity contribution >= 4 is 22.6 Å². The maximum atomic E-state index is 12.5. The highest BCUT2D eigenvalue weighted by atomic mass is 16.5. The summed E-state index contributed by atoms with van der Waals surface area (Å²) in [4.78, 5) is 36.6.